The van der Waals surface area contributed by atoms with Gasteiger partial charge in [-0.2, -0.15) is 0 Å². The van der Waals surface area contributed by atoms with Crippen molar-refractivity contribution in [3.63, 3.8) is 0 Å². The highest BCUT2D eigenvalue weighted by Gasteiger charge is 2.08. The summed E-state index contributed by atoms with van der Waals surface area (Å²) in [5.74, 6) is 0.326. The van der Waals surface area contributed by atoms with E-state index in [0.29, 0.717) is 11.6 Å². The molecule has 0 aliphatic carbocycles. The van der Waals surface area contributed by atoms with Gasteiger partial charge in [-0.25, -0.2) is 14.6 Å². The Bertz CT molecular complexity index is 940. The number of nitrogens with one attached hydrogen (secondary N) is 3. The smallest absolute Gasteiger partial charge is 0.413 e. The Balaban J connectivity index is 1.72. The molecule has 3 aromatic rings. The Hall–Kier alpha value is -3.20. The number of ether oxygens (including phenoxy) is 2. The topological polar surface area (TPSA) is 105 Å². The van der Waals surface area contributed by atoms with E-state index in [1.807, 2.05) is 30.3 Å². The number of carbonyl (C=O) groups is 2. The Morgan fingerprint density at radius 1 is 0.962 bits per heavy atom. The molecule has 0 aliphatic heterocycles. The lowest BCUT2D eigenvalue weighted by Crippen LogP contribution is -2.11. The van der Waals surface area contributed by atoms with Gasteiger partial charge in [-0.1, -0.05) is 11.8 Å². The van der Waals surface area contributed by atoms with Crippen molar-refractivity contribution in [2.45, 2.75) is 9.79 Å². The van der Waals surface area contributed by atoms with Crippen LogP contribution < -0.4 is 10.6 Å². The van der Waals surface area contributed by atoms with Crippen molar-refractivity contribution in [3.8, 4) is 0 Å². The lowest BCUT2D eigenvalue weighted by atomic mass is 10.3. The van der Waals surface area contributed by atoms with Crippen LogP contribution in [0.3, 0.4) is 0 Å². The zero-order valence-electron chi connectivity index (χ0n) is 14.0. The number of imidazole rings is 1. The van der Waals surface area contributed by atoms with Gasteiger partial charge in [0.15, 0.2) is 0 Å². The fourth-order valence-corrected chi connectivity index (χ4v) is 3.03. The summed E-state index contributed by atoms with van der Waals surface area (Å²) in [4.78, 5) is 31.7. The van der Waals surface area contributed by atoms with Crippen LogP contribution in [0.4, 0.5) is 21.2 Å². The van der Waals surface area contributed by atoms with Crippen molar-refractivity contribution in [1.29, 1.82) is 0 Å². The summed E-state index contributed by atoms with van der Waals surface area (Å²) in [5.41, 5.74) is 2.19. The van der Waals surface area contributed by atoms with Gasteiger partial charge in [-0.05, 0) is 42.5 Å². The maximum absolute atomic E-state index is 11.2. The largest absolute Gasteiger partial charge is 0.453 e. The van der Waals surface area contributed by atoms with Gasteiger partial charge in [0.05, 0.1) is 25.3 Å². The van der Waals surface area contributed by atoms with Gasteiger partial charge in [0.1, 0.15) is 0 Å². The highest BCUT2D eigenvalue weighted by atomic mass is 32.2. The van der Waals surface area contributed by atoms with Gasteiger partial charge in [-0.3, -0.25) is 10.6 Å². The summed E-state index contributed by atoms with van der Waals surface area (Å²) in [7, 11) is 2.61. The molecule has 3 N–H and O–H groups in total. The van der Waals surface area contributed by atoms with Crippen molar-refractivity contribution in [2.24, 2.45) is 0 Å². The number of hydrogen-bond acceptors (Lipinski definition) is 6. The molecule has 1 heterocycles. The van der Waals surface area contributed by atoms with Crippen LogP contribution in [-0.4, -0.2) is 36.4 Å². The molecule has 2 aromatic carbocycles. The second-order valence-corrected chi connectivity index (χ2v) is 6.27. The SMILES string of the molecule is COC(=O)Nc1ccc(Sc2ccc3nc(NC(=O)OC)[nH]c3c2)cc1. The third-order valence-corrected chi connectivity index (χ3v) is 4.38. The van der Waals surface area contributed by atoms with Crippen molar-refractivity contribution >= 4 is 46.6 Å². The average Bonchev–Trinajstić information content (AvgIpc) is 3.04. The zero-order valence-corrected chi connectivity index (χ0v) is 14.8. The van der Waals surface area contributed by atoms with E-state index in [1.54, 1.807) is 23.9 Å². The summed E-state index contributed by atoms with van der Waals surface area (Å²) < 4.78 is 9.10. The summed E-state index contributed by atoms with van der Waals surface area (Å²) in [6.07, 6.45) is -1.09. The Morgan fingerprint density at radius 2 is 1.62 bits per heavy atom. The second-order valence-electron chi connectivity index (χ2n) is 5.12. The second kappa shape index (κ2) is 7.79. The number of anilines is 2. The third-order valence-electron chi connectivity index (χ3n) is 3.38. The monoisotopic (exact) mass is 372 g/mol. The van der Waals surface area contributed by atoms with E-state index in [-0.39, 0.29) is 0 Å². The molecule has 9 heteroatoms. The van der Waals surface area contributed by atoms with Crippen LogP contribution in [0.25, 0.3) is 11.0 Å². The minimum absolute atomic E-state index is 0.326. The normalized spacial score (nSPS) is 10.4. The summed E-state index contributed by atoms with van der Waals surface area (Å²) in [6.45, 7) is 0. The molecule has 2 amide bonds. The Labute approximate surface area is 153 Å². The lowest BCUT2D eigenvalue weighted by molar-refractivity contribution is 0.186. The maximum atomic E-state index is 11.2. The quantitative estimate of drug-likeness (QED) is 0.637. The highest BCUT2D eigenvalue weighted by molar-refractivity contribution is 7.99. The maximum Gasteiger partial charge on any atom is 0.413 e. The molecule has 134 valence electrons. The van der Waals surface area contributed by atoms with Crippen LogP contribution in [-0.2, 0) is 9.47 Å². The molecule has 0 atom stereocenters. The lowest BCUT2D eigenvalue weighted by Gasteiger charge is -2.05. The van der Waals surface area contributed by atoms with Crippen LogP contribution in [0, 0.1) is 0 Å². The van der Waals surface area contributed by atoms with Crippen LogP contribution in [0.15, 0.2) is 52.3 Å². The molecule has 1 aromatic heterocycles. The fourth-order valence-electron chi connectivity index (χ4n) is 2.17. The number of amides is 2. The zero-order chi connectivity index (χ0) is 18.5. The van der Waals surface area contributed by atoms with E-state index in [4.69, 9.17) is 0 Å². The van der Waals surface area contributed by atoms with Crippen LogP contribution in [0.5, 0.6) is 0 Å². The number of carbonyl (C=O) groups excluding carboxylic acids is 2. The molecule has 26 heavy (non-hydrogen) atoms. The van der Waals surface area contributed by atoms with E-state index in [2.05, 4.69) is 30.1 Å². The first-order valence-corrected chi connectivity index (χ1v) is 8.36. The molecule has 3 rings (SSSR count). The average molecular weight is 372 g/mol. The minimum Gasteiger partial charge on any atom is -0.453 e. The van der Waals surface area contributed by atoms with Gasteiger partial charge in [0, 0.05) is 15.5 Å². The number of nitrogens with zero attached hydrogens (tertiary/aromatic N) is 1. The summed E-state index contributed by atoms with van der Waals surface area (Å²) in [6, 6.07) is 13.1. The predicted molar refractivity (Wildman–Crippen MR) is 98.7 cm³/mol. The van der Waals surface area contributed by atoms with Gasteiger partial charge in [-0.15, -0.1) is 0 Å². The molecule has 0 unspecified atom stereocenters. The molecule has 8 nitrogen and oxygen atoms in total. The number of fused-ring (bicyclic) bond motifs is 1. The summed E-state index contributed by atoms with van der Waals surface area (Å²) >= 11 is 1.56. The number of hydrogen-bond donors (Lipinski definition) is 3. The van der Waals surface area contributed by atoms with Gasteiger partial charge < -0.3 is 14.5 Å². The van der Waals surface area contributed by atoms with Gasteiger partial charge >= 0.3 is 12.2 Å². The van der Waals surface area contributed by atoms with E-state index in [0.717, 1.165) is 20.8 Å². The van der Waals surface area contributed by atoms with Gasteiger partial charge in [0.2, 0.25) is 5.95 Å². The minimum atomic E-state index is -0.584. The Morgan fingerprint density at radius 3 is 2.31 bits per heavy atom. The van der Waals surface area contributed by atoms with Crippen LogP contribution in [0.2, 0.25) is 0 Å². The predicted octanol–water partition coefficient (Wildman–Crippen LogP) is 4.07. The molecule has 0 saturated heterocycles. The molecule has 0 radical (unpaired) electrons. The highest BCUT2D eigenvalue weighted by Crippen LogP contribution is 2.30. The number of aromatic amines is 1. The van der Waals surface area contributed by atoms with Crippen molar-refractivity contribution in [2.75, 3.05) is 24.9 Å². The van der Waals surface area contributed by atoms with E-state index in [9.17, 15) is 9.59 Å². The number of rotatable bonds is 4. The third kappa shape index (κ3) is 4.25. The first kappa shape index (κ1) is 17.6. The first-order valence-electron chi connectivity index (χ1n) is 7.55. The molecular formula is C17H16N4O4S. The Kier molecular flexibility index (Phi) is 5.28. The standard InChI is InChI=1S/C17H16N4O4S/c1-24-16(22)18-10-3-5-11(6-4-10)26-12-7-8-13-14(9-12)20-15(19-13)21-17(23)25-2/h3-9H,1-2H3,(H,18,22)(H2,19,20,21,23). The molecule has 0 fully saturated rings. The van der Waals surface area contributed by atoms with E-state index < -0.39 is 12.2 Å². The van der Waals surface area contributed by atoms with Gasteiger partial charge in [0.25, 0.3) is 0 Å². The molecule has 0 aliphatic rings. The van der Waals surface area contributed by atoms with Crippen LogP contribution in [0.1, 0.15) is 0 Å². The molecular weight excluding hydrogens is 356 g/mol. The van der Waals surface area contributed by atoms with Crippen molar-refractivity contribution in [1.82, 2.24) is 9.97 Å². The fraction of sp³-hybridized carbons (Fsp3) is 0.118. The van der Waals surface area contributed by atoms with E-state index in [1.165, 1.54) is 14.2 Å². The number of benzene rings is 2. The molecule has 0 bridgehead atoms. The van der Waals surface area contributed by atoms with Crippen LogP contribution >= 0.6 is 11.8 Å². The molecule has 0 spiro atoms. The van der Waals surface area contributed by atoms with Crippen molar-refractivity contribution in [3.05, 3.63) is 42.5 Å². The number of H-pyrrole nitrogens is 1. The summed E-state index contributed by atoms with van der Waals surface area (Å²) in [5, 5.41) is 5.10. The number of methoxy groups -OCH3 is 2. The first-order chi connectivity index (χ1) is 12.6. The number of aromatic nitrogens is 2. The van der Waals surface area contributed by atoms with Crippen molar-refractivity contribution < 1.29 is 19.1 Å². The van der Waals surface area contributed by atoms with E-state index >= 15 is 0 Å². The molecule has 0 saturated carbocycles.